The molecule has 0 saturated heterocycles. The fraction of sp³-hybridized carbons (Fsp3) is 0.179. The van der Waals surface area contributed by atoms with Crippen LogP contribution < -0.4 is 15.4 Å². The molecule has 0 fully saturated rings. The Hall–Kier alpha value is -4.59. The van der Waals surface area contributed by atoms with E-state index >= 15 is 0 Å². The van der Waals surface area contributed by atoms with E-state index in [1.54, 1.807) is 67.8 Å². The van der Waals surface area contributed by atoms with Crippen LogP contribution >= 0.6 is 0 Å². The number of methoxy groups -OCH3 is 1. The van der Waals surface area contributed by atoms with E-state index in [4.69, 9.17) is 9.15 Å². The predicted octanol–water partition coefficient (Wildman–Crippen LogP) is 4.72. The van der Waals surface area contributed by atoms with Crippen LogP contribution in [0, 0.1) is 0 Å². The summed E-state index contributed by atoms with van der Waals surface area (Å²) in [6, 6.07) is 23.2. The minimum atomic E-state index is -0.353. The lowest BCUT2D eigenvalue weighted by atomic mass is 10.1. The number of anilines is 2. The third-order valence-electron chi connectivity index (χ3n) is 5.64. The summed E-state index contributed by atoms with van der Waals surface area (Å²) in [6.07, 6.45) is 0.137. The monoisotopic (exact) mass is 485 g/mol. The van der Waals surface area contributed by atoms with E-state index in [0.29, 0.717) is 29.3 Å². The molecular formula is C28H27N3O5. The number of likely N-dealkylation sites (N-methyl/N-ethyl adjacent to an activating group) is 1. The summed E-state index contributed by atoms with van der Waals surface area (Å²) in [6.45, 7) is 2.17. The van der Waals surface area contributed by atoms with Gasteiger partial charge in [-0.15, -0.1) is 0 Å². The Bertz CT molecular complexity index is 1340. The summed E-state index contributed by atoms with van der Waals surface area (Å²) in [5.74, 6) is 0.0448. The summed E-state index contributed by atoms with van der Waals surface area (Å²) in [5, 5.41) is 6.44. The van der Waals surface area contributed by atoms with Gasteiger partial charge in [0, 0.05) is 29.4 Å². The Balaban J connectivity index is 1.31. The molecule has 0 aliphatic rings. The zero-order chi connectivity index (χ0) is 25.5. The van der Waals surface area contributed by atoms with Crippen molar-refractivity contribution in [2.45, 2.75) is 13.3 Å². The molecule has 8 heteroatoms. The van der Waals surface area contributed by atoms with Crippen LogP contribution in [0.1, 0.15) is 23.0 Å². The molecule has 3 aromatic carbocycles. The molecule has 0 aliphatic heterocycles. The molecule has 0 atom stereocenters. The maximum atomic E-state index is 12.8. The summed E-state index contributed by atoms with van der Waals surface area (Å²) < 4.78 is 10.8. The van der Waals surface area contributed by atoms with Gasteiger partial charge in [-0.2, -0.15) is 0 Å². The van der Waals surface area contributed by atoms with E-state index < -0.39 is 0 Å². The fourth-order valence-electron chi connectivity index (χ4n) is 3.73. The molecule has 36 heavy (non-hydrogen) atoms. The molecule has 3 amide bonds. The quantitative estimate of drug-likeness (QED) is 0.357. The Labute approximate surface area is 208 Å². The first kappa shape index (κ1) is 24.5. The van der Waals surface area contributed by atoms with Crippen LogP contribution in [0.3, 0.4) is 0 Å². The van der Waals surface area contributed by atoms with E-state index in [0.717, 1.165) is 10.9 Å². The number of carbonyl (C=O) groups excluding carboxylic acids is 3. The average molecular weight is 486 g/mol. The number of ether oxygens (including phenoxy) is 1. The van der Waals surface area contributed by atoms with E-state index in [2.05, 4.69) is 10.6 Å². The summed E-state index contributed by atoms with van der Waals surface area (Å²) in [4.78, 5) is 39.3. The first-order chi connectivity index (χ1) is 17.4. The second-order valence-electron chi connectivity index (χ2n) is 8.16. The summed E-state index contributed by atoms with van der Waals surface area (Å²) >= 11 is 0. The molecule has 4 aromatic rings. The molecule has 0 radical (unpaired) electrons. The van der Waals surface area contributed by atoms with Gasteiger partial charge in [0.25, 0.3) is 5.91 Å². The van der Waals surface area contributed by atoms with Gasteiger partial charge in [0.15, 0.2) is 5.76 Å². The second-order valence-corrected chi connectivity index (χ2v) is 8.16. The van der Waals surface area contributed by atoms with Crippen LogP contribution in [0.5, 0.6) is 5.75 Å². The molecule has 0 aliphatic carbocycles. The van der Waals surface area contributed by atoms with Crippen molar-refractivity contribution in [3.63, 3.8) is 0 Å². The van der Waals surface area contributed by atoms with Gasteiger partial charge < -0.3 is 24.7 Å². The standard InChI is InChI=1S/C28H27N3O5/c1-3-31(18-26(32)29-22-8-6-9-23(17-22)35-2)27(33)15-19-11-13-21(14-12-19)30-28(34)25-16-20-7-4-5-10-24(20)36-25/h4-14,16-17H,3,15,18H2,1-2H3,(H,29,32)(H,30,34). The molecule has 0 bridgehead atoms. The molecule has 0 spiro atoms. The maximum absolute atomic E-state index is 12.8. The molecule has 2 N–H and O–H groups in total. The zero-order valence-electron chi connectivity index (χ0n) is 20.1. The van der Waals surface area contributed by atoms with Crippen LogP contribution in [-0.4, -0.2) is 42.8 Å². The van der Waals surface area contributed by atoms with Crippen molar-refractivity contribution in [1.82, 2.24) is 4.90 Å². The van der Waals surface area contributed by atoms with E-state index in [-0.39, 0.29) is 36.4 Å². The van der Waals surface area contributed by atoms with Crippen molar-refractivity contribution in [3.8, 4) is 5.75 Å². The van der Waals surface area contributed by atoms with Gasteiger partial charge in [-0.25, -0.2) is 0 Å². The van der Waals surface area contributed by atoms with Gasteiger partial charge in [-0.05, 0) is 48.9 Å². The lowest BCUT2D eigenvalue weighted by Crippen LogP contribution is -2.38. The van der Waals surface area contributed by atoms with Crippen LogP contribution in [0.2, 0.25) is 0 Å². The van der Waals surface area contributed by atoms with Crippen molar-refractivity contribution in [1.29, 1.82) is 0 Å². The number of amides is 3. The first-order valence-corrected chi connectivity index (χ1v) is 11.6. The Morgan fingerprint density at radius 3 is 2.39 bits per heavy atom. The third kappa shape index (κ3) is 6.09. The average Bonchev–Trinajstić information content (AvgIpc) is 3.33. The topological polar surface area (TPSA) is 101 Å². The molecule has 4 rings (SSSR count). The summed E-state index contributed by atoms with van der Waals surface area (Å²) in [7, 11) is 1.56. The largest absolute Gasteiger partial charge is 0.497 e. The molecule has 8 nitrogen and oxygen atoms in total. The number of hydrogen-bond donors (Lipinski definition) is 2. The highest BCUT2D eigenvalue weighted by molar-refractivity contribution is 6.04. The van der Waals surface area contributed by atoms with Crippen LogP contribution in [0.15, 0.2) is 83.3 Å². The molecular weight excluding hydrogens is 458 g/mol. The molecule has 184 valence electrons. The van der Waals surface area contributed by atoms with Gasteiger partial charge >= 0.3 is 0 Å². The molecule has 0 unspecified atom stereocenters. The Morgan fingerprint density at radius 1 is 0.889 bits per heavy atom. The SMILES string of the molecule is CCN(CC(=O)Nc1cccc(OC)c1)C(=O)Cc1ccc(NC(=O)c2cc3ccccc3o2)cc1. The second kappa shape index (κ2) is 11.2. The van der Waals surface area contributed by atoms with E-state index in [1.807, 2.05) is 25.1 Å². The summed E-state index contributed by atoms with van der Waals surface area (Å²) in [5.41, 5.74) is 2.60. The number of para-hydroxylation sites is 1. The lowest BCUT2D eigenvalue weighted by molar-refractivity contribution is -0.133. The molecule has 0 saturated carbocycles. The number of nitrogens with zero attached hydrogens (tertiary/aromatic N) is 1. The number of carbonyl (C=O) groups is 3. The molecule has 1 aromatic heterocycles. The zero-order valence-corrected chi connectivity index (χ0v) is 20.1. The lowest BCUT2D eigenvalue weighted by Gasteiger charge is -2.20. The minimum Gasteiger partial charge on any atom is -0.497 e. The normalized spacial score (nSPS) is 10.6. The van der Waals surface area contributed by atoms with Crippen LogP contribution in [0.4, 0.5) is 11.4 Å². The van der Waals surface area contributed by atoms with Crippen LogP contribution in [-0.2, 0) is 16.0 Å². The van der Waals surface area contributed by atoms with E-state index in [9.17, 15) is 14.4 Å². The van der Waals surface area contributed by atoms with Crippen molar-refractivity contribution in [3.05, 3.63) is 90.2 Å². The van der Waals surface area contributed by atoms with Gasteiger partial charge in [-0.3, -0.25) is 14.4 Å². The van der Waals surface area contributed by atoms with Gasteiger partial charge in [-0.1, -0.05) is 36.4 Å². The van der Waals surface area contributed by atoms with Crippen molar-refractivity contribution in [2.75, 3.05) is 30.8 Å². The van der Waals surface area contributed by atoms with Gasteiger partial charge in [0.2, 0.25) is 11.8 Å². The number of benzene rings is 3. The minimum absolute atomic E-state index is 0.0574. The fourth-order valence-corrected chi connectivity index (χ4v) is 3.73. The maximum Gasteiger partial charge on any atom is 0.291 e. The van der Waals surface area contributed by atoms with Gasteiger partial charge in [0.05, 0.1) is 20.1 Å². The highest BCUT2D eigenvalue weighted by atomic mass is 16.5. The first-order valence-electron chi connectivity index (χ1n) is 11.6. The highest BCUT2D eigenvalue weighted by Gasteiger charge is 2.17. The van der Waals surface area contributed by atoms with Crippen molar-refractivity contribution >= 4 is 40.1 Å². The number of hydrogen-bond acceptors (Lipinski definition) is 5. The number of nitrogens with one attached hydrogen (secondary N) is 2. The third-order valence-corrected chi connectivity index (χ3v) is 5.64. The highest BCUT2D eigenvalue weighted by Crippen LogP contribution is 2.20. The Kier molecular flexibility index (Phi) is 7.65. The number of fused-ring (bicyclic) bond motifs is 1. The van der Waals surface area contributed by atoms with E-state index in [1.165, 1.54) is 4.90 Å². The van der Waals surface area contributed by atoms with Crippen molar-refractivity contribution < 1.29 is 23.5 Å². The number of furan rings is 1. The van der Waals surface area contributed by atoms with Crippen molar-refractivity contribution in [2.24, 2.45) is 0 Å². The smallest absolute Gasteiger partial charge is 0.291 e. The number of rotatable bonds is 9. The molecule has 1 heterocycles. The van der Waals surface area contributed by atoms with Crippen LogP contribution in [0.25, 0.3) is 11.0 Å². The van der Waals surface area contributed by atoms with Gasteiger partial charge in [0.1, 0.15) is 11.3 Å². The Morgan fingerprint density at radius 2 is 1.67 bits per heavy atom. The predicted molar refractivity (Wildman–Crippen MR) is 138 cm³/mol.